The number of hydrogen-bond acceptors (Lipinski definition) is 14. The van der Waals surface area contributed by atoms with Crippen LogP contribution in [0.15, 0.2) is 69.6 Å². The molecule has 3 atom stereocenters. The minimum atomic E-state index is -1.65. The van der Waals surface area contributed by atoms with Crippen LogP contribution >= 0.6 is 0 Å². The van der Waals surface area contributed by atoms with E-state index in [1.165, 1.54) is 24.3 Å². The maximum Gasteiger partial charge on any atom is 0.371 e. The lowest BCUT2D eigenvalue weighted by atomic mass is 9.85. The minimum Gasteiger partial charge on any atom is -0.507 e. The Morgan fingerprint density at radius 2 is 1.33 bits per heavy atom. The Balaban J connectivity index is 1.49. The van der Waals surface area contributed by atoms with Crippen molar-refractivity contribution in [3.8, 4) is 51.7 Å². The predicted octanol–water partition coefficient (Wildman–Crippen LogP) is 3.92. The topological polar surface area (TPSA) is 268 Å². The van der Waals surface area contributed by atoms with Gasteiger partial charge in [-0.1, -0.05) is 12.1 Å². The summed E-state index contributed by atoms with van der Waals surface area (Å²) in [7, 11) is 0. The van der Waals surface area contributed by atoms with Gasteiger partial charge >= 0.3 is 5.97 Å². The highest BCUT2D eigenvalue weighted by molar-refractivity contribution is 6.04. The maximum absolute atomic E-state index is 13.0. The molecule has 10 N–H and O–H groups in total. The van der Waals surface area contributed by atoms with Gasteiger partial charge in [-0.3, -0.25) is 4.79 Å². The highest BCUT2D eigenvalue weighted by Crippen LogP contribution is 2.55. The first-order chi connectivity index (χ1) is 23.2. The van der Waals surface area contributed by atoms with Crippen LogP contribution in [0.25, 0.3) is 16.5 Å². The molecule has 3 unspecified atom stereocenters. The Hall–Kier alpha value is -6.74. The van der Waals surface area contributed by atoms with Crippen LogP contribution in [-0.4, -0.2) is 63.1 Å². The first kappa shape index (κ1) is 30.9. The molecule has 2 aliphatic heterocycles. The third-order valence-corrected chi connectivity index (χ3v) is 8.40. The van der Waals surface area contributed by atoms with E-state index in [4.69, 9.17) is 13.9 Å². The van der Waals surface area contributed by atoms with E-state index in [9.17, 15) is 60.7 Å². The predicted molar refractivity (Wildman–Crippen MR) is 166 cm³/mol. The average molecular weight is 673 g/mol. The van der Waals surface area contributed by atoms with Gasteiger partial charge in [-0.25, -0.2) is 4.79 Å². The first-order valence-corrected chi connectivity index (χ1v) is 14.4. The lowest BCUT2D eigenvalue weighted by Crippen LogP contribution is -2.30. The number of ether oxygens (including phenoxy) is 2. The number of hydrogen-bond donors (Lipinski definition) is 10. The Morgan fingerprint density at radius 3 is 1.98 bits per heavy atom. The summed E-state index contributed by atoms with van der Waals surface area (Å²) < 4.78 is 17.4. The van der Waals surface area contributed by atoms with Crippen molar-refractivity contribution < 1.29 is 69.8 Å². The number of rotatable bonds is 4. The molecular formula is C34H24O15. The van der Waals surface area contributed by atoms with Gasteiger partial charge < -0.3 is 65.0 Å². The molecule has 0 spiro atoms. The second kappa shape index (κ2) is 10.9. The van der Waals surface area contributed by atoms with Crippen molar-refractivity contribution >= 4 is 22.5 Å². The van der Waals surface area contributed by atoms with Crippen molar-refractivity contribution in [1.29, 1.82) is 0 Å². The van der Waals surface area contributed by atoms with Crippen LogP contribution in [0.3, 0.4) is 0 Å². The van der Waals surface area contributed by atoms with Gasteiger partial charge in [-0.15, -0.1) is 0 Å². The van der Waals surface area contributed by atoms with Gasteiger partial charge in [0.1, 0.15) is 46.0 Å². The second-order valence-electron chi connectivity index (χ2n) is 11.4. The fraction of sp³-hybridized carbons (Fsp3) is 0.118. The highest BCUT2D eigenvalue weighted by Gasteiger charge is 2.40. The van der Waals surface area contributed by atoms with Crippen molar-refractivity contribution in [2.75, 3.05) is 0 Å². The summed E-state index contributed by atoms with van der Waals surface area (Å²) in [4.78, 5) is 24.9. The van der Waals surface area contributed by atoms with Crippen LogP contribution < -0.4 is 14.9 Å². The van der Waals surface area contributed by atoms with Gasteiger partial charge in [0.05, 0.1) is 17.2 Å². The van der Waals surface area contributed by atoms with Crippen molar-refractivity contribution in [3.63, 3.8) is 0 Å². The second-order valence-corrected chi connectivity index (χ2v) is 11.4. The molecule has 0 amide bonds. The molecule has 4 aromatic carbocycles. The van der Waals surface area contributed by atoms with Crippen LogP contribution in [0.2, 0.25) is 0 Å². The van der Waals surface area contributed by atoms with E-state index < -0.39 is 104 Å². The summed E-state index contributed by atoms with van der Waals surface area (Å²) in [6.45, 7) is 0. The normalized spacial score (nSPS) is 18.3. The molecule has 0 saturated heterocycles. The van der Waals surface area contributed by atoms with E-state index in [-0.39, 0.29) is 40.2 Å². The number of carboxylic acid groups (broad SMARTS) is 1. The fourth-order valence-electron chi connectivity index (χ4n) is 6.11. The zero-order chi connectivity index (χ0) is 35.0. The zero-order valence-electron chi connectivity index (χ0n) is 24.6. The molecule has 7 rings (SSSR count). The number of aromatic hydroxyl groups is 7. The summed E-state index contributed by atoms with van der Waals surface area (Å²) in [6, 6.07) is 9.86. The van der Waals surface area contributed by atoms with Crippen LogP contribution in [0, 0.1) is 0 Å². The highest BCUT2D eigenvalue weighted by atomic mass is 16.5. The molecule has 3 heterocycles. The molecule has 0 saturated carbocycles. The van der Waals surface area contributed by atoms with Crippen molar-refractivity contribution in [1.82, 2.24) is 0 Å². The third-order valence-electron chi connectivity index (χ3n) is 8.40. The molecule has 250 valence electrons. The summed E-state index contributed by atoms with van der Waals surface area (Å²) in [5, 5.41) is 106. The number of aromatic carboxylic acids is 1. The molecule has 0 fully saturated rings. The number of aliphatic hydroxyl groups is 2. The SMILES string of the molecule is O=C(O)c1cc(=O)c2c(O)cc3c(c2o1)C(c1c(O)cc2c(c1O)CC(O)C(c1ccc(O)c(O)c1)O2)=C(O)C(c1ccc(O)c(O)c1)O3. The molecule has 0 radical (unpaired) electrons. The molecule has 0 bridgehead atoms. The molecule has 15 heteroatoms. The number of carboxylic acids is 1. The third kappa shape index (κ3) is 4.79. The lowest BCUT2D eigenvalue weighted by molar-refractivity contribution is 0.0196. The van der Waals surface area contributed by atoms with E-state index in [1.54, 1.807) is 0 Å². The summed E-state index contributed by atoms with van der Waals surface area (Å²) in [6.07, 6.45) is -4.33. The van der Waals surface area contributed by atoms with Crippen molar-refractivity contribution in [2.24, 2.45) is 0 Å². The molecule has 1 aromatic heterocycles. The van der Waals surface area contributed by atoms with E-state index in [2.05, 4.69) is 0 Å². The lowest BCUT2D eigenvalue weighted by Gasteiger charge is -2.33. The van der Waals surface area contributed by atoms with Crippen LogP contribution in [0.5, 0.6) is 51.7 Å². The van der Waals surface area contributed by atoms with E-state index >= 15 is 0 Å². The molecule has 5 aromatic rings. The molecule has 49 heavy (non-hydrogen) atoms. The molecule has 2 aliphatic rings. The van der Waals surface area contributed by atoms with E-state index in [1.807, 2.05) is 0 Å². The molecular weight excluding hydrogens is 648 g/mol. The smallest absolute Gasteiger partial charge is 0.371 e. The van der Waals surface area contributed by atoms with Crippen molar-refractivity contribution in [2.45, 2.75) is 24.7 Å². The van der Waals surface area contributed by atoms with E-state index in [0.717, 1.165) is 24.3 Å². The number of benzene rings is 4. The maximum atomic E-state index is 13.0. The van der Waals surface area contributed by atoms with Gasteiger partial charge in [0.15, 0.2) is 40.1 Å². The number of carbonyl (C=O) groups is 1. The minimum absolute atomic E-state index is 0.0342. The van der Waals surface area contributed by atoms with Crippen molar-refractivity contribution in [3.05, 3.63) is 104 Å². The molecule has 0 aliphatic carbocycles. The zero-order valence-corrected chi connectivity index (χ0v) is 24.6. The number of fused-ring (bicyclic) bond motifs is 4. The van der Waals surface area contributed by atoms with Crippen LogP contribution in [0.4, 0.5) is 0 Å². The fourth-order valence-corrected chi connectivity index (χ4v) is 6.11. The van der Waals surface area contributed by atoms with E-state index in [0.29, 0.717) is 6.07 Å². The van der Waals surface area contributed by atoms with Gasteiger partial charge in [0, 0.05) is 41.3 Å². The number of aliphatic hydroxyl groups excluding tert-OH is 2. The van der Waals surface area contributed by atoms with Gasteiger partial charge in [0.25, 0.3) is 0 Å². The first-order valence-electron chi connectivity index (χ1n) is 14.4. The number of phenolic OH excluding ortho intramolecular Hbond substituents is 7. The van der Waals surface area contributed by atoms with Crippen LogP contribution in [-0.2, 0) is 6.42 Å². The summed E-state index contributed by atoms with van der Waals surface area (Å²) in [5.41, 5.74) is -2.64. The Bertz CT molecular complexity index is 2340. The largest absolute Gasteiger partial charge is 0.507 e. The monoisotopic (exact) mass is 672 g/mol. The van der Waals surface area contributed by atoms with Gasteiger partial charge in [0.2, 0.25) is 5.76 Å². The van der Waals surface area contributed by atoms with Gasteiger partial charge in [-0.05, 0) is 29.8 Å². The van der Waals surface area contributed by atoms with Gasteiger partial charge in [-0.2, -0.15) is 0 Å². The standard InChI is InChI=1S/C34H24O15/c35-14-3-1-11(5-16(14)37)31-21(42)7-13-22(47-31)8-20(41)26(29(13)43)28-27-23(48-32(30(28)44)12-2-4-15(36)17(38)6-12)9-18(39)25-19(40)10-24(34(45)46)49-33(25)27/h1-6,8-10,21,31-32,35-39,41-44H,7H2,(H,45,46). The Kier molecular flexibility index (Phi) is 6.88. The summed E-state index contributed by atoms with van der Waals surface area (Å²) >= 11 is 0. The summed E-state index contributed by atoms with van der Waals surface area (Å²) in [5.74, 6) is -7.81. The Labute approximate surface area is 272 Å². The molecule has 15 nitrogen and oxygen atoms in total. The Morgan fingerprint density at radius 1 is 0.694 bits per heavy atom. The average Bonchev–Trinajstić information content (AvgIpc) is 3.04. The quantitative estimate of drug-likeness (QED) is 0.121. The van der Waals surface area contributed by atoms with Crippen LogP contribution in [0.1, 0.15) is 50.6 Å². The number of phenols is 7.